The number of fused-ring (bicyclic) bond motifs is 1. The fraction of sp³-hybridized carbons (Fsp3) is 0.632. The second kappa shape index (κ2) is 8.32. The van der Waals surface area contributed by atoms with Gasteiger partial charge in [0.15, 0.2) is 0 Å². The Hall–Kier alpha value is -2.11. The molecule has 2 aliphatic rings. The van der Waals surface area contributed by atoms with Gasteiger partial charge in [0.25, 0.3) is 5.69 Å². The summed E-state index contributed by atoms with van der Waals surface area (Å²) in [7, 11) is 0. The zero-order chi connectivity index (χ0) is 17.6. The molecule has 1 heterocycles. The second-order valence-corrected chi connectivity index (χ2v) is 7.18. The summed E-state index contributed by atoms with van der Waals surface area (Å²) >= 11 is 0. The molecule has 0 spiro atoms. The van der Waals surface area contributed by atoms with Gasteiger partial charge in [0, 0.05) is 43.4 Å². The van der Waals surface area contributed by atoms with Crippen molar-refractivity contribution in [3.8, 4) is 0 Å². The van der Waals surface area contributed by atoms with Crippen LogP contribution in [0.5, 0.6) is 0 Å². The van der Waals surface area contributed by atoms with Crippen molar-refractivity contribution in [1.82, 2.24) is 4.90 Å². The molecule has 2 atom stereocenters. The first kappa shape index (κ1) is 17.7. The quantitative estimate of drug-likeness (QED) is 0.481. The Kier molecular flexibility index (Phi) is 5.89. The van der Waals surface area contributed by atoms with Gasteiger partial charge in [0.1, 0.15) is 0 Å². The Bertz CT molecular complexity index is 600. The Morgan fingerprint density at radius 1 is 1.16 bits per heavy atom. The molecular weight excluding hydrogens is 318 g/mol. The van der Waals surface area contributed by atoms with Crippen molar-refractivity contribution in [1.29, 1.82) is 0 Å². The number of piperidine rings is 1. The summed E-state index contributed by atoms with van der Waals surface area (Å²) < 4.78 is 0. The van der Waals surface area contributed by atoms with E-state index in [0.29, 0.717) is 24.9 Å². The van der Waals surface area contributed by atoms with Gasteiger partial charge in [-0.3, -0.25) is 14.9 Å². The number of carbonyl (C=O) groups is 1. The van der Waals surface area contributed by atoms with Gasteiger partial charge in [-0.1, -0.05) is 12.8 Å². The van der Waals surface area contributed by atoms with Gasteiger partial charge in [-0.15, -0.1) is 0 Å². The van der Waals surface area contributed by atoms with E-state index in [2.05, 4.69) is 10.2 Å². The predicted molar refractivity (Wildman–Crippen MR) is 97.5 cm³/mol. The third-order valence-corrected chi connectivity index (χ3v) is 5.54. The van der Waals surface area contributed by atoms with Crippen LogP contribution in [0, 0.1) is 16.0 Å². The Morgan fingerprint density at radius 2 is 1.88 bits per heavy atom. The van der Waals surface area contributed by atoms with Gasteiger partial charge in [-0.25, -0.2) is 0 Å². The molecule has 2 fully saturated rings. The molecule has 1 aliphatic heterocycles. The molecule has 1 saturated carbocycles. The summed E-state index contributed by atoms with van der Waals surface area (Å²) in [4.78, 5) is 25.0. The lowest BCUT2D eigenvalue weighted by molar-refractivity contribution is -0.384. The molecule has 136 valence electrons. The van der Waals surface area contributed by atoms with Crippen LogP contribution >= 0.6 is 0 Å². The molecule has 25 heavy (non-hydrogen) atoms. The first-order chi connectivity index (χ1) is 12.1. The number of amides is 1. The van der Waals surface area contributed by atoms with Gasteiger partial charge in [0.2, 0.25) is 5.91 Å². The molecule has 3 rings (SSSR count). The number of anilines is 1. The molecule has 1 aromatic carbocycles. The SMILES string of the molecule is O=C(CCCNc1ccc([N+](=O)[O-])cc1)N1CCCC2CCCCC21. The number of nitrogens with zero attached hydrogens (tertiary/aromatic N) is 2. The Balaban J connectivity index is 1.42. The maximum absolute atomic E-state index is 12.6. The van der Waals surface area contributed by atoms with E-state index in [1.54, 1.807) is 12.1 Å². The maximum atomic E-state index is 12.6. The highest BCUT2D eigenvalue weighted by Crippen LogP contribution is 2.35. The summed E-state index contributed by atoms with van der Waals surface area (Å²) in [5.41, 5.74) is 0.941. The van der Waals surface area contributed by atoms with Gasteiger partial charge >= 0.3 is 0 Å². The summed E-state index contributed by atoms with van der Waals surface area (Å²) in [6, 6.07) is 6.88. The number of non-ortho nitro benzene ring substituents is 1. The normalized spacial score (nSPS) is 23.0. The molecule has 2 unspecified atom stereocenters. The van der Waals surface area contributed by atoms with Crippen molar-refractivity contribution in [2.75, 3.05) is 18.4 Å². The Morgan fingerprint density at radius 3 is 2.64 bits per heavy atom. The highest BCUT2D eigenvalue weighted by atomic mass is 16.6. The van der Waals surface area contributed by atoms with E-state index in [4.69, 9.17) is 0 Å². The first-order valence-corrected chi connectivity index (χ1v) is 9.43. The summed E-state index contributed by atoms with van der Waals surface area (Å²) in [5, 5.41) is 13.9. The van der Waals surface area contributed by atoms with Crippen LogP contribution in [0.25, 0.3) is 0 Å². The topological polar surface area (TPSA) is 75.5 Å². The largest absolute Gasteiger partial charge is 0.385 e. The number of hydrogen-bond acceptors (Lipinski definition) is 4. The first-order valence-electron chi connectivity index (χ1n) is 9.43. The minimum absolute atomic E-state index is 0.0906. The molecular formula is C19H27N3O3. The molecule has 1 aliphatic carbocycles. The van der Waals surface area contributed by atoms with Crippen LogP contribution in [0.2, 0.25) is 0 Å². The smallest absolute Gasteiger partial charge is 0.269 e. The van der Waals surface area contributed by atoms with E-state index in [-0.39, 0.29) is 5.69 Å². The van der Waals surface area contributed by atoms with Gasteiger partial charge in [-0.05, 0) is 50.2 Å². The lowest BCUT2D eigenvalue weighted by Gasteiger charge is -2.44. The molecule has 1 amide bonds. The Labute approximate surface area is 148 Å². The third-order valence-electron chi connectivity index (χ3n) is 5.54. The minimum Gasteiger partial charge on any atom is -0.385 e. The van der Waals surface area contributed by atoms with Crippen molar-refractivity contribution in [2.24, 2.45) is 5.92 Å². The fourth-order valence-corrected chi connectivity index (χ4v) is 4.25. The summed E-state index contributed by atoms with van der Waals surface area (Å²) in [6.45, 7) is 1.63. The number of rotatable bonds is 6. The molecule has 1 N–H and O–H groups in total. The standard InChI is InChI=1S/C19H27N3O3/c23-19(21-14-4-6-15-5-1-2-7-18(15)21)8-3-13-20-16-9-11-17(12-10-16)22(24)25/h9-12,15,18,20H,1-8,13-14H2. The number of carbonyl (C=O) groups excluding carboxylic acids is 1. The number of nitro benzene ring substituents is 1. The number of nitrogens with one attached hydrogen (secondary N) is 1. The second-order valence-electron chi connectivity index (χ2n) is 7.18. The highest BCUT2D eigenvalue weighted by molar-refractivity contribution is 5.76. The highest BCUT2D eigenvalue weighted by Gasteiger charge is 2.35. The van der Waals surface area contributed by atoms with E-state index in [9.17, 15) is 14.9 Å². The molecule has 6 heteroatoms. The number of hydrogen-bond donors (Lipinski definition) is 1. The molecule has 1 saturated heterocycles. The van der Waals surface area contributed by atoms with Crippen molar-refractivity contribution in [2.45, 2.75) is 57.4 Å². The molecule has 6 nitrogen and oxygen atoms in total. The number of benzene rings is 1. The zero-order valence-corrected chi connectivity index (χ0v) is 14.7. The van der Waals surface area contributed by atoms with Crippen LogP contribution in [0.3, 0.4) is 0 Å². The summed E-state index contributed by atoms with van der Waals surface area (Å²) in [6.07, 6.45) is 8.83. The van der Waals surface area contributed by atoms with E-state index >= 15 is 0 Å². The van der Waals surface area contributed by atoms with E-state index in [1.807, 2.05) is 0 Å². The predicted octanol–water partition coefficient (Wildman–Crippen LogP) is 3.97. The van der Waals surface area contributed by atoms with E-state index < -0.39 is 4.92 Å². The van der Waals surface area contributed by atoms with Crippen LogP contribution in [0.4, 0.5) is 11.4 Å². The molecule has 0 bridgehead atoms. The molecule has 0 aromatic heterocycles. The fourth-order valence-electron chi connectivity index (χ4n) is 4.25. The van der Waals surface area contributed by atoms with Crippen LogP contribution in [0.15, 0.2) is 24.3 Å². The lowest BCUT2D eigenvalue weighted by Crippen LogP contribution is -2.49. The maximum Gasteiger partial charge on any atom is 0.269 e. The zero-order valence-electron chi connectivity index (χ0n) is 14.7. The van der Waals surface area contributed by atoms with Crippen LogP contribution in [-0.2, 0) is 4.79 Å². The lowest BCUT2D eigenvalue weighted by atomic mass is 9.78. The van der Waals surface area contributed by atoms with Crippen LogP contribution in [0.1, 0.15) is 51.4 Å². The van der Waals surface area contributed by atoms with Crippen molar-refractivity contribution < 1.29 is 9.72 Å². The number of nitro groups is 1. The van der Waals surface area contributed by atoms with E-state index in [0.717, 1.165) is 31.0 Å². The average Bonchev–Trinajstić information content (AvgIpc) is 2.65. The minimum atomic E-state index is -0.403. The number of likely N-dealkylation sites (tertiary alicyclic amines) is 1. The monoisotopic (exact) mass is 345 g/mol. The molecule has 1 aromatic rings. The van der Waals surface area contributed by atoms with Gasteiger partial charge < -0.3 is 10.2 Å². The van der Waals surface area contributed by atoms with Crippen LogP contribution in [-0.4, -0.2) is 34.9 Å². The average molecular weight is 345 g/mol. The van der Waals surface area contributed by atoms with Gasteiger partial charge in [-0.2, -0.15) is 0 Å². The van der Waals surface area contributed by atoms with Crippen molar-refractivity contribution in [3.05, 3.63) is 34.4 Å². The van der Waals surface area contributed by atoms with Crippen LogP contribution < -0.4 is 5.32 Å². The van der Waals surface area contributed by atoms with Crippen molar-refractivity contribution >= 4 is 17.3 Å². The third kappa shape index (κ3) is 4.50. The summed E-state index contributed by atoms with van der Waals surface area (Å²) in [5.74, 6) is 1.02. The van der Waals surface area contributed by atoms with Crippen molar-refractivity contribution in [3.63, 3.8) is 0 Å². The van der Waals surface area contributed by atoms with Gasteiger partial charge in [0.05, 0.1) is 4.92 Å². The van der Waals surface area contributed by atoms with E-state index in [1.165, 1.54) is 44.2 Å². The molecule has 0 radical (unpaired) electrons.